The smallest absolute Gasteiger partial charge is 0.0577 e. The standard InChI is InChI=1S/C10H18O2/c1-8-5-9(7-11)3-2-4-10(12)6-8/h9-12H,1-7H2/t9-,10+/m1/s1. The van der Waals surface area contributed by atoms with Gasteiger partial charge in [-0.1, -0.05) is 18.6 Å². The summed E-state index contributed by atoms with van der Waals surface area (Å²) in [5, 5.41) is 18.4. The Morgan fingerprint density at radius 2 is 2.08 bits per heavy atom. The van der Waals surface area contributed by atoms with Gasteiger partial charge in [-0.15, -0.1) is 0 Å². The molecular formula is C10H18O2. The SMILES string of the molecule is C=C1C[C@@H](O)CCC[C@@H](CO)C1. The van der Waals surface area contributed by atoms with Crippen LogP contribution in [-0.2, 0) is 0 Å². The zero-order valence-corrected chi connectivity index (χ0v) is 7.50. The first-order valence-corrected chi connectivity index (χ1v) is 4.68. The molecule has 0 bridgehead atoms. The van der Waals surface area contributed by atoms with Crippen molar-refractivity contribution in [3.63, 3.8) is 0 Å². The van der Waals surface area contributed by atoms with E-state index in [-0.39, 0.29) is 12.7 Å². The lowest BCUT2D eigenvalue weighted by atomic mass is 9.88. The van der Waals surface area contributed by atoms with Crippen molar-refractivity contribution in [1.82, 2.24) is 0 Å². The topological polar surface area (TPSA) is 40.5 Å². The van der Waals surface area contributed by atoms with Crippen molar-refractivity contribution in [2.75, 3.05) is 6.61 Å². The van der Waals surface area contributed by atoms with Crippen LogP contribution in [0, 0.1) is 5.92 Å². The summed E-state index contributed by atoms with van der Waals surface area (Å²) in [5.41, 5.74) is 1.08. The van der Waals surface area contributed by atoms with Gasteiger partial charge in [0.1, 0.15) is 0 Å². The minimum Gasteiger partial charge on any atom is -0.396 e. The van der Waals surface area contributed by atoms with Crippen LogP contribution in [0.5, 0.6) is 0 Å². The van der Waals surface area contributed by atoms with E-state index in [4.69, 9.17) is 5.11 Å². The monoisotopic (exact) mass is 170 g/mol. The fraction of sp³-hybridized carbons (Fsp3) is 0.800. The Morgan fingerprint density at radius 3 is 2.75 bits per heavy atom. The van der Waals surface area contributed by atoms with Crippen LogP contribution in [0.4, 0.5) is 0 Å². The zero-order valence-electron chi connectivity index (χ0n) is 7.50. The minimum atomic E-state index is -0.197. The molecule has 0 saturated heterocycles. The molecule has 0 aromatic rings. The van der Waals surface area contributed by atoms with Gasteiger partial charge in [-0.05, 0) is 31.6 Å². The number of rotatable bonds is 1. The lowest BCUT2D eigenvalue weighted by Gasteiger charge is -2.21. The molecule has 1 saturated carbocycles. The van der Waals surface area contributed by atoms with Gasteiger partial charge in [0.2, 0.25) is 0 Å². The first-order valence-electron chi connectivity index (χ1n) is 4.68. The van der Waals surface area contributed by atoms with Crippen molar-refractivity contribution in [3.05, 3.63) is 12.2 Å². The second-order valence-corrected chi connectivity index (χ2v) is 3.79. The maximum Gasteiger partial charge on any atom is 0.0577 e. The third-order valence-electron chi connectivity index (χ3n) is 2.51. The molecule has 1 aliphatic carbocycles. The third-order valence-corrected chi connectivity index (χ3v) is 2.51. The van der Waals surface area contributed by atoms with E-state index >= 15 is 0 Å². The Labute approximate surface area is 73.9 Å². The normalized spacial score (nSPS) is 32.7. The molecule has 0 unspecified atom stereocenters. The van der Waals surface area contributed by atoms with Gasteiger partial charge in [-0.3, -0.25) is 0 Å². The van der Waals surface area contributed by atoms with Crippen LogP contribution < -0.4 is 0 Å². The van der Waals surface area contributed by atoms with E-state index in [2.05, 4.69) is 6.58 Å². The molecule has 0 heterocycles. The molecule has 2 N–H and O–H groups in total. The number of hydrogen-bond acceptors (Lipinski definition) is 2. The molecule has 2 heteroatoms. The first-order chi connectivity index (χ1) is 5.72. The molecule has 1 rings (SSSR count). The Hall–Kier alpha value is -0.340. The van der Waals surface area contributed by atoms with Crippen LogP contribution in [0.2, 0.25) is 0 Å². The average molecular weight is 170 g/mol. The molecule has 2 atom stereocenters. The first kappa shape index (κ1) is 9.75. The third kappa shape index (κ3) is 2.95. The number of aliphatic hydroxyl groups is 2. The average Bonchev–Trinajstić information content (AvgIpc) is 1.99. The molecule has 0 aliphatic heterocycles. The number of hydrogen-bond donors (Lipinski definition) is 2. The van der Waals surface area contributed by atoms with Crippen LogP contribution in [0.1, 0.15) is 32.1 Å². The summed E-state index contributed by atoms with van der Waals surface area (Å²) >= 11 is 0. The van der Waals surface area contributed by atoms with Crippen LogP contribution >= 0.6 is 0 Å². The Balaban J connectivity index is 2.42. The predicted molar refractivity (Wildman–Crippen MR) is 48.8 cm³/mol. The van der Waals surface area contributed by atoms with Gasteiger partial charge in [0.25, 0.3) is 0 Å². The molecule has 0 aromatic carbocycles. The highest BCUT2D eigenvalue weighted by molar-refractivity contribution is 4.99. The van der Waals surface area contributed by atoms with E-state index in [9.17, 15) is 5.11 Å². The quantitative estimate of drug-likeness (QED) is 0.585. The number of aliphatic hydroxyl groups excluding tert-OH is 2. The summed E-state index contributed by atoms with van der Waals surface area (Å²) in [6.45, 7) is 4.15. The van der Waals surface area contributed by atoms with E-state index in [0.717, 1.165) is 37.7 Å². The largest absolute Gasteiger partial charge is 0.396 e. The van der Waals surface area contributed by atoms with E-state index in [1.807, 2.05) is 0 Å². The van der Waals surface area contributed by atoms with Crippen molar-refractivity contribution < 1.29 is 10.2 Å². The van der Waals surface area contributed by atoms with Gasteiger partial charge in [0, 0.05) is 6.61 Å². The van der Waals surface area contributed by atoms with E-state index in [1.165, 1.54) is 0 Å². The van der Waals surface area contributed by atoms with Gasteiger partial charge in [-0.2, -0.15) is 0 Å². The molecule has 0 aromatic heterocycles. The minimum absolute atomic E-state index is 0.197. The van der Waals surface area contributed by atoms with Crippen LogP contribution in [0.3, 0.4) is 0 Å². The van der Waals surface area contributed by atoms with Crippen molar-refractivity contribution >= 4 is 0 Å². The van der Waals surface area contributed by atoms with Crippen molar-refractivity contribution in [2.45, 2.75) is 38.2 Å². The summed E-state index contributed by atoms with van der Waals surface area (Å²) in [5.74, 6) is 0.380. The highest BCUT2D eigenvalue weighted by atomic mass is 16.3. The van der Waals surface area contributed by atoms with Crippen LogP contribution in [-0.4, -0.2) is 22.9 Å². The molecule has 12 heavy (non-hydrogen) atoms. The summed E-state index contributed by atoms with van der Waals surface area (Å²) in [6, 6.07) is 0. The lowest BCUT2D eigenvalue weighted by Crippen LogP contribution is -2.16. The fourth-order valence-electron chi connectivity index (χ4n) is 1.83. The van der Waals surface area contributed by atoms with E-state index in [1.54, 1.807) is 0 Å². The van der Waals surface area contributed by atoms with Gasteiger partial charge >= 0.3 is 0 Å². The highest BCUT2D eigenvalue weighted by Crippen LogP contribution is 2.24. The van der Waals surface area contributed by atoms with Crippen molar-refractivity contribution in [1.29, 1.82) is 0 Å². The second-order valence-electron chi connectivity index (χ2n) is 3.79. The molecule has 2 nitrogen and oxygen atoms in total. The van der Waals surface area contributed by atoms with E-state index in [0.29, 0.717) is 5.92 Å². The Kier molecular flexibility index (Phi) is 3.76. The summed E-state index contributed by atoms with van der Waals surface area (Å²) < 4.78 is 0. The van der Waals surface area contributed by atoms with Crippen molar-refractivity contribution in [3.8, 4) is 0 Å². The summed E-state index contributed by atoms with van der Waals surface area (Å²) in [6.07, 6.45) is 4.31. The highest BCUT2D eigenvalue weighted by Gasteiger charge is 2.16. The van der Waals surface area contributed by atoms with E-state index < -0.39 is 0 Å². The molecule has 0 spiro atoms. The van der Waals surface area contributed by atoms with Gasteiger partial charge in [0.15, 0.2) is 0 Å². The van der Waals surface area contributed by atoms with Gasteiger partial charge in [-0.25, -0.2) is 0 Å². The molecule has 1 fully saturated rings. The fourth-order valence-corrected chi connectivity index (χ4v) is 1.83. The Bertz CT molecular complexity index is 154. The summed E-state index contributed by atoms with van der Waals surface area (Å²) in [7, 11) is 0. The zero-order chi connectivity index (χ0) is 8.97. The summed E-state index contributed by atoms with van der Waals surface area (Å²) in [4.78, 5) is 0. The molecule has 0 amide bonds. The molecular weight excluding hydrogens is 152 g/mol. The van der Waals surface area contributed by atoms with Crippen LogP contribution in [0.15, 0.2) is 12.2 Å². The van der Waals surface area contributed by atoms with Crippen LogP contribution in [0.25, 0.3) is 0 Å². The molecule has 0 radical (unpaired) electrons. The lowest BCUT2D eigenvalue weighted by molar-refractivity contribution is 0.139. The Morgan fingerprint density at radius 1 is 1.33 bits per heavy atom. The van der Waals surface area contributed by atoms with Gasteiger partial charge in [0.05, 0.1) is 6.10 Å². The second kappa shape index (κ2) is 4.63. The maximum absolute atomic E-state index is 9.42. The molecule has 70 valence electrons. The van der Waals surface area contributed by atoms with Crippen molar-refractivity contribution in [2.24, 2.45) is 5.92 Å². The van der Waals surface area contributed by atoms with Gasteiger partial charge < -0.3 is 10.2 Å². The maximum atomic E-state index is 9.42. The molecule has 1 aliphatic rings. The predicted octanol–water partition coefficient (Wildman–Crippen LogP) is 1.48.